The van der Waals surface area contributed by atoms with E-state index in [0.29, 0.717) is 0 Å². The molecule has 4 heteroatoms. The lowest BCUT2D eigenvalue weighted by Gasteiger charge is -2.16. The summed E-state index contributed by atoms with van der Waals surface area (Å²) in [7, 11) is 2.15. The van der Waals surface area contributed by atoms with Gasteiger partial charge in [-0.2, -0.15) is 0 Å². The van der Waals surface area contributed by atoms with Crippen LogP contribution in [0.25, 0.3) is 0 Å². The zero-order valence-electron chi connectivity index (χ0n) is 12.5. The summed E-state index contributed by atoms with van der Waals surface area (Å²) in [6, 6.07) is 14.0. The van der Waals surface area contributed by atoms with Crippen LogP contribution < -0.4 is 5.32 Å². The average Bonchev–Trinajstić information content (AvgIpc) is 2.50. The Bertz CT molecular complexity index is 513. The molecule has 0 spiro atoms. The zero-order valence-corrected chi connectivity index (χ0v) is 12.5. The quantitative estimate of drug-likeness (QED) is 0.731. The van der Waals surface area contributed by atoms with Gasteiger partial charge in [0.15, 0.2) is 0 Å². The van der Waals surface area contributed by atoms with E-state index in [1.807, 2.05) is 12.1 Å². The van der Waals surface area contributed by atoms with Crippen LogP contribution in [-0.4, -0.2) is 35.1 Å². The first kappa shape index (κ1) is 15.5. The summed E-state index contributed by atoms with van der Waals surface area (Å²) in [4.78, 5) is 6.47. The minimum Gasteiger partial charge on any atom is -0.506 e. The predicted octanol–water partition coefficient (Wildman–Crippen LogP) is 2.40. The molecular formula is C17H23N3O. The van der Waals surface area contributed by atoms with Gasteiger partial charge in [0.25, 0.3) is 0 Å². The summed E-state index contributed by atoms with van der Waals surface area (Å²) in [5.74, 6) is 0.210. The van der Waals surface area contributed by atoms with E-state index in [9.17, 15) is 0 Å². The number of pyridine rings is 1. The van der Waals surface area contributed by atoms with Crippen LogP contribution in [0.1, 0.15) is 17.7 Å². The summed E-state index contributed by atoms with van der Waals surface area (Å²) in [6.07, 6.45) is 2.58. The molecule has 4 nitrogen and oxygen atoms in total. The number of nitrogens with one attached hydrogen (secondary N) is 1. The SMILES string of the molecule is CN(CCCNCc1ccc(O)cn1)Cc1ccccc1. The Balaban J connectivity index is 1.58. The van der Waals surface area contributed by atoms with Crippen molar-refractivity contribution in [3.05, 3.63) is 59.9 Å². The van der Waals surface area contributed by atoms with Gasteiger partial charge in [-0.05, 0) is 44.3 Å². The van der Waals surface area contributed by atoms with Gasteiger partial charge >= 0.3 is 0 Å². The third kappa shape index (κ3) is 5.94. The first-order valence-electron chi connectivity index (χ1n) is 7.31. The molecule has 1 aromatic carbocycles. The van der Waals surface area contributed by atoms with Gasteiger partial charge in [0, 0.05) is 13.1 Å². The number of rotatable bonds is 8. The van der Waals surface area contributed by atoms with Crippen molar-refractivity contribution >= 4 is 0 Å². The molecule has 0 amide bonds. The van der Waals surface area contributed by atoms with Gasteiger partial charge in [0.1, 0.15) is 5.75 Å². The van der Waals surface area contributed by atoms with Crippen molar-refractivity contribution in [3.63, 3.8) is 0 Å². The molecule has 0 saturated heterocycles. The van der Waals surface area contributed by atoms with E-state index in [2.05, 4.69) is 46.5 Å². The van der Waals surface area contributed by atoms with E-state index in [1.165, 1.54) is 11.8 Å². The highest BCUT2D eigenvalue weighted by atomic mass is 16.3. The molecular weight excluding hydrogens is 262 g/mol. The third-order valence-corrected chi connectivity index (χ3v) is 3.30. The van der Waals surface area contributed by atoms with Crippen LogP contribution in [0.4, 0.5) is 0 Å². The Morgan fingerprint density at radius 1 is 1.14 bits per heavy atom. The van der Waals surface area contributed by atoms with E-state index in [0.717, 1.165) is 38.3 Å². The first-order chi connectivity index (χ1) is 10.2. The van der Waals surface area contributed by atoms with E-state index in [4.69, 9.17) is 5.11 Å². The predicted molar refractivity (Wildman–Crippen MR) is 85.0 cm³/mol. The minimum atomic E-state index is 0.210. The molecule has 0 radical (unpaired) electrons. The Morgan fingerprint density at radius 3 is 2.67 bits per heavy atom. The number of nitrogens with zero attached hydrogens (tertiary/aromatic N) is 2. The molecule has 0 unspecified atom stereocenters. The van der Waals surface area contributed by atoms with Crippen LogP contribution in [-0.2, 0) is 13.1 Å². The molecule has 0 bridgehead atoms. The molecule has 1 heterocycles. The fourth-order valence-electron chi connectivity index (χ4n) is 2.19. The van der Waals surface area contributed by atoms with Crippen LogP contribution in [0.2, 0.25) is 0 Å². The summed E-state index contributed by atoms with van der Waals surface area (Å²) in [5, 5.41) is 12.5. The number of hydrogen-bond donors (Lipinski definition) is 2. The van der Waals surface area contributed by atoms with Gasteiger partial charge in [-0.3, -0.25) is 4.98 Å². The molecule has 0 fully saturated rings. The third-order valence-electron chi connectivity index (χ3n) is 3.30. The molecule has 0 aliphatic carbocycles. The molecule has 0 aliphatic rings. The lowest BCUT2D eigenvalue weighted by Crippen LogP contribution is -2.23. The molecule has 2 rings (SSSR count). The number of aromatic hydroxyl groups is 1. The Hall–Kier alpha value is -1.91. The fraction of sp³-hybridized carbons (Fsp3) is 0.353. The number of aromatic nitrogens is 1. The van der Waals surface area contributed by atoms with Crippen LogP contribution in [0.3, 0.4) is 0 Å². The molecule has 0 atom stereocenters. The fourth-order valence-corrected chi connectivity index (χ4v) is 2.19. The van der Waals surface area contributed by atoms with Crippen molar-refractivity contribution in [3.8, 4) is 5.75 Å². The van der Waals surface area contributed by atoms with E-state index in [1.54, 1.807) is 6.07 Å². The van der Waals surface area contributed by atoms with Crippen LogP contribution in [0.15, 0.2) is 48.7 Å². The monoisotopic (exact) mass is 285 g/mol. The molecule has 0 aliphatic heterocycles. The van der Waals surface area contributed by atoms with Gasteiger partial charge in [-0.1, -0.05) is 30.3 Å². The largest absolute Gasteiger partial charge is 0.506 e. The second-order valence-electron chi connectivity index (χ2n) is 5.26. The number of hydrogen-bond acceptors (Lipinski definition) is 4. The highest BCUT2D eigenvalue weighted by Gasteiger charge is 2.00. The lowest BCUT2D eigenvalue weighted by molar-refractivity contribution is 0.319. The molecule has 1 aromatic heterocycles. The minimum absolute atomic E-state index is 0.210. The number of benzene rings is 1. The second-order valence-corrected chi connectivity index (χ2v) is 5.26. The van der Waals surface area contributed by atoms with Crippen molar-refractivity contribution in [2.24, 2.45) is 0 Å². The first-order valence-corrected chi connectivity index (χ1v) is 7.31. The van der Waals surface area contributed by atoms with Gasteiger partial charge in [0.2, 0.25) is 0 Å². The van der Waals surface area contributed by atoms with E-state index < -0.39 is 0 Å². The van der Waals surface area contributed by atoms with Crippen molar-refractivity contribution in [2.45, 2.75) is 19.5 Å². The molecule has 112 valence electrons. The summed E-state index contributed by atoms with van der Waals surface area (Å²) in [6.45, 7) is 3.75. The second kappa shape index (κ2) is 8.39. The maximum atomic E-state index is 9.16. The maximum Gasteiger partial charge on any atom is 0.133 e. The highest BCUT2D eigenvalue weighted by Crippen LogP contribution is 2.05. The maximum absolute atomic E-state index is 9.16. The Morgan fingerprint density at radius 2 is 1.95 bits per heavy atom. The highest BCUT2D eigenvalue weighted by molar-refractivity contribution is 5.17. The summed E-state index contributed by atoms with van der Waals surface area (Å²) in [5.41, 5.74) is 2.30. The van der Waals surface area contributed by atoms with Gasteiger partial charge in [0.05, 0.1) is 11.9 Å². The van der Waals surface area contributed by atoms with Gasteiger partial charge in [-0.15, -0.1) is 0 Å². The van der Waals surface area contributed by atoms with Gasteiger partial charge < -0.3 is 15.3 Å². The van der Waals surface area contributed by atoms with Crippen molar-refractivity contribution < 1.29 is 5.11 Å². The van der Waals surface area contributed by atoms with Crippen molar-refractivity contribution in [1.29, 1.82) is 0 Å². The normalized spacial score (nSPS) is 11.0. The lowest BCUT2D eigenvalue weighted by atomic mass is 10.2. The van der Waals surface area contributed by atoms with Gasteiger partial charge in [-0.25, -0.2) is 0 Å². The van der Waals surface area contributed by atoms with Crippen LogP contribution in [0.5, 0.6) is 5.75 Å². The standard InChI is InChI=1S/C17H23N3O/c1-20(14-15-6-3-2-4-7-15)11-5-10-18-12-16-8-9-17(21)13-19-16/h2-4,6-9,13,18,21H,5,10-12,14H2,1H3. The van der Waals surface area contributed by atoms with E-state index in [-0.39, 0.29) is 5.75 Å². The smallest absolute Gasteiger partial charge is 0.133 e. The topological polar surface area (TPSA) is 48.4 Å². The zero-order chi connectivity index (χ0) is 14.9. The van der Waals surface area contributed by atoms with E-state index >= 15 is 0 Å². The Kier molecular flexibility index (Phi) is 6.19. The molecule has 2 aromatic rings. The average molecular weight is 285 g/mol. The molecule has 21 heavy (non-hydrogen) atoms. The van der Waals surface area contributed by atoms with Crippen molar-refractivity contribution in [2.75, 3.05) is 20.1 Å². The van der Waals surface area contributed by atoms with Crippen LogP contribution >= 0.6 is 0 Å². The van der Waals surface area contributed by atoms with Crippen molar-refractivity contribution in [1.82, 2.24) is 15.2 Å². The molecule has 2 N–H and O–H groups in total. The Labute approximate surface area is 126 Å². The summed E-state index contributed by atoms with van der Waals surface area (Å²) >= 11 is 0. The summed E-state index contributed by atoms with van der Waals surface area (Å²) < 4.78 is 0. The molecule has 0 saturated carbocycles. The van der Waals surface area contributed by atoms with Crippen LogP contribution in [0, 0.1) is 0 Å².